The van der Waals surface area contributed by atoms with E-state index in [2.05, 4.69) is 0 Å². The summed E-state index contributed by atoms with van der Waals surface area (Å²) in [4.78, 5) is 50.6. The number of methoxy groups -OCH3 is 5. The highest BCUT2D eigenvalue weighted by atomic mass is 16.6. The summed E-state index contributed by atoms with van der Waals surface area (Å²) in [6, 6.07) is 6.32. The molecule has 10 nitrogen and oxygen atoms in total. The predicted molar refractivity (Wildman–Crippen MR) is 94.6 cm³/mol. The lowest BCUT2D eigenvalue weighted by atomic mass is 9.77. The van der Waals surface area contributed by atoms with Crippen molar-refractivity contribution in [3.63, 3.8) is 0 Å². The van der Waals surface area contributed by atoms with Crippen LogP contribution in [0.3, 0.4) is 0 Å². The summed E-state index contributed by atoms with van der Waals surface area (Å²) < 4.78 is 29.9. The Hall–Kier alpha value is -3.14. The molecular weight excluding hydrogens is 388 g/mol. The van der Waals surface area contributed by atoms with Gasteiger partial charge in [-0.05, 0) is 17.7 Å². The highest BCUT2D eigenvalue weighted by molar-refractivity contribution is 6.09. The minimum Gasteiger partial charge on any atom is -0.497 e. The molecule has 1 aromatic rings. The lowest BCUT2D eigenvalue weighted by Crippen LogP contribution is -2.56. The van der Waals surface area contributed by atoms with E-state index in [0.29, 0.717) is 11.3 Å². The zero-order valence-electron chi connectivity index (χ0n) is 16.6. The van der Waals surface area contributed by atoms with Crippen LogP contribution in [0.1, 0.15) is 11.7 Å². The van der Waals surface area contributed by atoms with E-state index in [1.54, 1.807) is 24.3 Å². The van der Waals surface area contributed by atoms with Gasteiger partial charge in [0.1, 0.15) is 17.6 Å². The Bertz CT molecular complexity index is 769. The predicted octanol–water partition coefficient (Wildman–Crippen LogP) is 0.430. The van der Waals surface area contributed by atoms with E-state index < -0.39 is 47.4 Å². The Morgan fingerprint density at radius 2 is 1.31 bits per heavy atom. The maximum Gasteiger partial charge on any atom is 0.351 e. The van der Waals surface area contributed by atoms with Crippen LogP contribution in [0.4, 0.5) is 0 Å². The molecule has 0 spiro atoms. The Morgan fingerprint density at radius 3 is 1.72 bits per heavy atom. The maximum absolute atomic E-state index is 12.7. The molecule has 1 aliphatic heterocycles. The van der Waals surface area contributed by atoms with E-state index in [1.807, 2.05) is 0 Å². The van der Waals surface area contributed by atoms with Gasteiger partial charge in [-0.2, -0.15) is 0 Å². The lowest BCUT2D eigenvalue weighted by molar-refractivity contribution is -0.194. The van der Waals surface area contributed by atoms with Gasteiger partial charge in [-0.1, -0.05) is 12.1 Å². The Labute approximate surface area is 166 Å². The fourth-order valence-corrected chi connectivity index (χ4v) is 3.42. The van der Waals surface area contributed by atoms with Gasteiger partial charge in [-0.3, -0.25) is 9.59 Å². The number of carbonyl (C=O) groups excluding carboxylic acids is 4. The normalized spacial score (nSPS) is 22.3. The average Bonchev–Trinajstić information content (AvgIpc) is 3.14. The van der Waals surface area contributed by atoms with Crippen molar-refractivity contribution in [2.24, 2.45) is 11.8 Å². The van der Waals surface area contributed by atoms with Crippen molar-refractivity contribution in [3.05, 3.63) is 29.8 Å². The zero-order valence-corrected chi connectivity index (χ0v) is 16.6. The van der Waals surface area contributed by atoms with Crippen LogP contribution >= 0.6 is 0 Å². The number of hydrogen-bond acceptors (Lipinski definition) is 10. The first kappa shape index (κ1) is 22.2. The molecule has 0 amide bonds. The van der Waals surface area contributed by atoms with Crippen molar-refractivity contribution >= 4 is 23.9 Å². The molecule has 1 fully saturated rings. The van der Waals surface area contributed by atoms with Crippen molar-refractivity contribution in [2.45, 2.75) is 11.7 Å². The molecule has 0 aliphatic carbocycles. The standard InChI is InChI=1S/C19H22O10/c1-24-11-8-6-10(7-9-11)14-12(15(20)25-2)13(16(21)26-3)19(29-14,17(22)27-4)18(23)28-5/h6-9,12-14H,1-5H3. The number of ether oxygens (including phenoxy) is 6. The molecule has 0 N–H and O–H groups in total. The van der Waals surface area contributed by atoms with E-state index in [1.165, 1.54) is 7.11 Å². The van der Waals surface area contributed by atoms with Crippen LogP contribution in [-0.2, 0) is 42.9 Å². The highest BCUT2D eigenvalue weighted by Crippen LogP contribution is 2.50. The summed E-state index contributed by atoms with van der Waals surface area (Å²) in [6.07, 6.45) is -1.21. The number of carbonyl (C=O) groups is 4. The van der Waals surface area contributed by atoms with Crippen LogP contribution in [0, 0.1) is 11.8 Å². The summed E-state index contributed by atoms with van der Waals surface area (Å²) in [5.41, 5.74) is -2.16. The molecule has 2 rings (SSSR count). The Balaban J connectivity index is 2.73. The molecule has 0 saturated carbocycles. The molecule has 1 aromatic carbocycles. The first-order valence-corrected chi connectivity index (χ1v) is 8.46. The Morgan fingerprint density at radius 1 is 0.793 bits per heavy atom. The summed E-state index contributed by atoms with van der Waals surface area (Å²) in [5.74, 6) is -6.89. The van der Waals surface area contributed by atoms with Crippen LogP contribution in [0.5, 0.6) is 5.75 Å². The van der Waals surface area contributed by atoms with Crippen LogP contribution < -0.4 is 4.74 Å². The molecule has 0 bridgehead atoms. The molecular formula is C19H22O10. The van der Waals surface area contributed by atoms with Gasteiger partial charge in [0.2, 0.25) is 0 Å². The summed E-state index contributed by atoms with van der Waals surface area (Å²) >= 11 is 0. The van der Waals surface area contributed by atoms with Gasteiger partial charge in [0.05, 0.1) is 41.7 Å². The molecule has 3 unspecified atom stereocenters. The minimum absolute atomic E-state index is 0.393. The van der Waals surface area contributed by atoms with Gasteiger partial charge in [-0.25, -0.2) is 9.59 Å². The minimum atomic E-state index is -2.56. The van der Waals surface area contributed by atoms with E-state index >= 15 is 0 Å². The van der Waals surface area contributed by atoms with Crippen LogP contribution in [0.15, 0.2) is 24.3 Å². The number of hydrogen-bond donors (Lipinski definition) is 0. The SMILES string of the molecule is COC(=O)C1C(c2ccc(OC)cc2)OC(C(=O)OC)(C(=O)OC)C1C(=O)OC. The first-order valence-electron chi connectivity index (χ1n) is 8.46. The second kappa shape index (κ2) is 8.91. The summed E-state index contributed by atoms with van der Waals surface area (Å²) in [6.45, 7) is 0. The molecule has 1 heterocycles. The molecule has 3 atom stereocenters. The van der Waals surface area contributed by atoms with Gasteiger partial charge in [0.25, 0.3) is 5.60 Å². The highest BCUT2D eigenvalue weighted by Gasteiger charge is 2.71. The third kappa shape index (κ3) is 3.63. The number of benzene rings is 1. The third-order valence-corrected chi connectivity index (χ3v) is 4.79. The van der Waals surface area contributed by atoms with Gasteiger partial charge in [0.15, 0.2) is 0 Å². The van der Waals surface area contributed by atoms with Gasteiger partial charge < -0.3 is 28.4 Å². The monoisotopic (exact) mass is 410 g/mol. The summed E-state index contributed by atoms with van der Waals surface area (Å²) in [5, 5.41) is 0. The largest absolute Gasteiger partial charge is 0.497 e. The van der Waals surface area contributed by atoms with Crippen LogP contribution in [0.2, 0.25) is 0 Å². The van der Waals surface area contributed by atoms with Crippen molar-refractivity contribution in [1.29, 1.82) is 0 Å². The second-order valence-electron chi connectivity index (χ2n) is 6.08. The molecule has 158 valence electrons. The third-order valence-electron chi connectivity index (χ3n) is 4.79. The Kier molecular flexibility index (Phi) is 6.80. The van der Waals surface area contributed by atoms with Crippen LogP contribution in [-0.4, -0.2) is 65.0 Å². The molecule has 29 heavy (non-hydrogen) atoms. The van der Waals surface area contributed by atoms with Crippen molar-refractivity contribution < 1.29 is 47.6 Å². The second-order valence-corrected chi connectivity index (χ2v) is 6.08. The van der Waals surface area contributed by atoms with E-state index in [0.717, 1.165) is 28.4 Å². The molecule has 1 saturated heterocycles. The van der Waals surface area contributed by atoms with Crippen molar-refractivity contribution in [2.75, 3.05) is 35.5 Å². The molecule has 0 radical (unpaired) electrons. The van der Waals surface area contributed by atoms with Gasteiger partial charge in [0, 0.05) is 0 Å². The lowest BCUT2D eigenvalue weighted by Gasteiger charge is -2.27. The summed E-state index contributed by atoms with van der Waals surface area (Å²) in [7, 11) is 5.66. The fraction of sp³-hybridized carbons (Fsp3) is 0.474. The molecule has 1 aliphatic rings. The van der Waals surface area contributed by atoms with Gasteiger partial charge >= 0.3 is 23.9 Å². The average molecular weight is 410 g/mol. The van der Waals surface area contributed by atoms with E-state index in [9.17, 15) is 19.2 Å². The number of esters is 4. The number of rotatable bonds is 6. The van der Waals surface area contributed by atoms with Gasteiger partial charge in [-0.15, -0.1) is 0 Å². The van der Waals surface area contributed by atoms with Crippen molar-refractivity contribution in [1.82, 2.24) is 0 Å². The first-order chi connectivity index (χ1) is 13.8. The van der Waals surface area contributed by atoms with E-state index in [-0.39, 0.29) is 0 Å². The fourth-order valence-electron chi connectivity index (χ4n) is 3.42. The smallest absolute Gasteiger partial charge is 0.351 e. The topological polar surface area (TPSA) is 124 Å². The molecule has 0 aromatic heterocycles. The van der Waals surface area contributed by atoms with E-state index in [4.69, 9.17) is 28.4 Å². The maximum atomic E-state index is 12.7. The van der Waals surface area contributed by atoms with Crippen LogP contribution in [0.25, 0.3) is 0 Å². The zero-order chi connectivity index (χ0) is 21.8. The molecule has 10 heteroatoms. The van der Waals surface area contributed by atoms with Crippen molar-refractivity contribution in [3.8, 4) is 5.75 Å². The quantitative estimate of drug-likeness (QED) is 0.370.